The molecule has 0 saturated carbocycles. The van der Waals surface area contributed by atoms with E-state index in [-0.39, 0.29) is 16.9 Å². The molecule has 0 aliphatic rings. The second-order valence-corrected chi connectivity index (χ2v) is 4.67. The Hall–Kier alpha value is -2.30. The highest BCUT2D eigenvalue weighted by molar-refractivity contribution is 6.10. The standard InChI is InChI=1S/C16H13F3O2/c1-9-7-10(2)14(13(17)8-9)15(20)11-3-5-12(6-4-11)21-16(18)19/h3-8,16H,1-2H3. The topological polar surface area (TPSA) is 26.3 Å². The molecule has 0 aliphatic heterocycles. The highest BCUT2D eigenvalue weighted by Gasteiger charge is 2.17. The number of ketones is 1. The summed E-state index contributed by atoms with van der Waals surface area (Å²) in [7, 11) is 0. The molecule has 0 N–H and O–H groups in total. The second-order valence-electron chi connectivity index (χ2n) is 4.67. The van der Waals surface area contributed by atoms with E-state index in [1.807, 2.05) is 0 Å². The lowest BCUT2D eigenvalue weighted by Crippen LogP contribution is -2.08. The molecule has 0 aliphatic carbocycles. The van der Waals surface area contributed by atoms with Gasteiger partial charge in [0.2, 0.25) is 0 Å². The predicted octanol–water partition coefficient (Wildman–Crippen LogP) is 4.27. The van der Waals surface area contributed by atoms with E-state index in [0.29, 0.717) is 5.56 Å². The maximum atomic E-state index is 14.0. The first-order chi connectivity index (χ1) is 9.88. The zero-order chi connectivity index (χ0) is 15.6. The normalized spacial score (nSPS) is 10.8. The number of hydrogen-bond acceptors (Lipinski definition) is 2. The summed E-state index contributed by atoms with van der Waals surface area (Å²) in [6.07, 6.45) is 0. The van der Waals surface area contributed by atoms with Crippen LogP contribution in [0.3, 0.4) is 0 Å². The minimum Gasteiger partial charge on any atom is -0.435 e. The summed E-state index contributed by atoms with van der Waals surface area (Å²) in [4.78, 5) is 12.3. The molecule has 0 fully saturated rings. The molecule has 0 heterocycles. The highest BCUT2D eigenvalue weighted by atomic mass is 19.3. The smallest absolute Gasteiger partial charge is 0.387 e. The number of ether oxygens (including phenoxy) is 1. The molecule has 0 spiro atoms. The van der Waals surface area contributed by atoms with Gasteiger partial charge >= 0.3 is 6.61 Å². The van der Waals surface area contributed by atoms with Crippen molar-refractivity contribution < 1.29 is 22.7 Å². The molecule has 0 bridgehead atoms. The quantitative estimate of drug-likeness (QED) is 0.787. The molecular formula is C16H13F3O2. The number of carbonyl (C=O) groups is 1. The molecule has 2 aromatic carbocycles. The van der Waals surface area contributed by atoms with E-state index >= 15 is 0 Å². The Kier molecular flexibility index (Phi) is 4.31. The Morgan fingerprint density at radius 2 is 1.71 bits per heavy atom. The largest absolute Gasteiger partial charge is 0.435 e. The van der Waals surface area contributed by atoms with E-state index in [9.17, 15) is 18.0 Å². The number of hydrogen-bond donors (Lipinski definition) is 0. The fraction of sp³-hybridized carbons (Fsp3) is 0.188. The van der Waals surface area contributed by atoms with Crippen LogP contribution in [0.15, 0.2) is 36.4 Å². The predicted molar refractivity (Wildman–Crippen MR) is 72.4 cm³/mol. The van der Waals surface area contributed by atoms with E-state index in [1.165, 1.54) is 30.3 Å². The van der Waals surface area contributed by atoms with Gasteiger partial charge in [0, 0.05) is 5.56 Å². The first-order valence-electron chi connectivity index (χ1n) is 6.25. The summed E-state index contributed by atoms with van der Waals surface area (Å²) in [6, 6.07) is 8.16. The average Bonchev–Trinajstić information content (AvgIpc) is 2.37. The number of rotatable bonds is 4. The molecule has 0 atom stereocenters. The Morgan fingerprint density at radius 3 is 2.24 bits per heavy atom. The lowest BCUT2D eigenvalue weighted by atomic mass is 9.97. The molecule has 2 nitrogen and oxygen atoms in total. The van der Waals surface area contributed by atoms with Crippen molar-refractivity contribution >= 4 is 5.78 Å². The fourth-order valence-corrected chi connectivity index (χ4v) is 2.14. The summed E-state index contributed by atoms with van der Waals surface area (Å²) in [6.45, 7) is 0.460. The van der Waals surface area contributed by atoms with Crippen LogP contribution in [-0.4, -0.2) is 12.4 Å². The highest BCUT2D eigenvalue weighted by Crippen LogP contribution is 2.21. The molecule has 0 unspecified atom stereocenters. The Morgan fingerprint density at radius 1 is 1.10 bits per heavy atom. The van der Waals surface area contributed by atoms with Crippen molar-refractivity contribution in [2.24, 2.45) is 0 Å². The maximum absolute atomic E-state index is 14.0. The zero-order valence-electron chi connectivity index (χ0n) is 11.5. The molecule has 0 saturated heterocycles. The second kappa shape index (κ2) is 5.99. The molecule has 0 amide bonds. The van der Waals surface area contributed by atoms with E-state index in [0.717, 1.165) is 5.56 Å². The number of halogens is 3. The van der Waals surface area contributed by atoms with Crippen LogP contribution in [0.1, 0.15) is 27.0 Å². The van der Waals surface area contributed by atoms with Crippen molar-refractivity contribution in [3.8, 4) is 5.75 Å². The van der Waals surface area contributed by atoms with Gasteiger partial charge in [-0.15, -0.1) is 0 Å². The number of alkyl halides is 2. The van der Waals surface area contributed by atoms with Gasteiger partial charge < -0.3 is 4.74 Å². The summed E-state index contributed by atoms with van der Waals surface area (Å²) < 4.78 is 42.3. The van der Waals surface area contributed by atoms with Crippen molar-refractivity contribution in [2.45, 2.75) is 20.5 Å². The first-order valence-corrected chi connectivity index (χ1v) is 6.25. The van der Waals surface area contributed by atoms with Crippen molar-refractivity contribution in [1.29, 1.82) is 0 Å². The van der Waals surface area contributed by atoms with Crippen molar-refractivity contribution in [1.82, 2.24) is 0 Å². The lowest BCUT2D eigenvalue weighted by molar-refractivity contribution is -0.0498. The van der Waals surface area contributed by atoms with Gasteiger partial charge in [-0.2, -0.15) is 8.78 Å². The number of carbonyl (C=O) groups excluding carboxylic acids is 1. The van der Waals surface area contributed by atoms with Crippen LogP contribution >= 0.6 is 0 Å². The van der Waals surface area contributed by atoms with Crippen LogP contribution in [0.25, 0.3) is 0 Å². The molecular weight excluding hydrogens is 281 g/mol. The third-order valence-corrected chi connectivity index (χ3v) is 3.00. The molecule has 0 aromatic heterocycles. The van der Waals surface area contributed by atoms with Crippen molar-refractivity contribution in [3.05, 3.63) is 64.5 Å². The van der Waals surface area contributed by atoms with E-state index in [4.69, 9.17) is 0 Å². The van der Waals surface area contributed by atoms with Crippen LogP contribution in [0.2, 0.25) is 0 Å². The van der Waals surface area contributed by atoms with Gasteiger partial charge in [-0.25, -0.2) is 4.39 Å². The molecule has 5 heteroatoms. The van der Waals surface area contributed by atoms with Crippen LogP contribution < -0.4 is 4.74 Å². The molecule has 2 rings (SSSR count). The van der Waals surface area contributed by atoms with Gasteiger partial charge in [-0.05, 0) is 55.3 Å². The molecule has 0 radical (unpaired) electrons. The minimum absolute atomic E-state index is 0.0110. The van der Waals surface area contributed by atoms with E-state index in [2.05, 4.69) is 4.74 Å². The first kappa shape index (κ1) is 15.1. The van der Waals surface area contributed by atoms with E-state index in [1.54, 1.807) is 19.9 Å². The Labute approximate surface area is 120 Å². The van der Waals surface area contributed by atoms with Gasteiger partial charge in [0.15, 0.2) is 5.78 Å². The zero-order valence-corrected chi connectivity index (χ0v) is 11.5. The van der Waals surface area contributed by atoms with Crippen molar-refractivity contribution in [3.63, 3.8) is 0 Å². The van der Waals surface area contributed by atoms with Crippen LogP contribution in [0.5, 0.6) is 5.75 Å². The summed E-state index contributed by atoms with van der Waals surface area (Å²) in [5.41, 5.74) is 1.46. The van der Waals surface area contributed by atoms with Crippen LogP contribution in [-0.2, 0) is 0 Å². The number of benzene rings is 2. The Bertz CT molecular complexity index is 641. The Balaban J connectivity index is 2.32. The average molecular weight is 294 g/mol. The lowest BCUT2D eigenvalue weighted by Gasteiger charge is -2.09. The SMILES string of the molecule is Cc1cc(C)c(C(=O)c2ccc(OC(F)F)cc2)c(F)c1. The van der Waals surface area contributed by atoms with Crippen molar-refractivity contribution in [2.75, 3.05) is 0 Å². The molecule has 2 aromatic rings. The van der Waals surface area contributed by atoms with E-state index < -0.39 is 18.2 Å². The third-order valence-electron chi connectivity index (χ3n) is 3.00. The minimum atomic E-state index is -2.93. The van der Waals surface area contributed by atoms with Crippen LogP contribution in [0.4, 0.5) is 13.2 Å². The summed E-state index contributed by atoms with van der Waals surface area (Å²) in [5, 5.41) is 0. The monoisotopic (exact) mass is 294 g/mol. The fourth-order valence-electron chi connectivity index (χ4n) is 2.14. The van der Waals surface area contributed by atoms with Gasteiger partial charge in [-0.1, -0.05) is 6.07 Å². The van der Waals surface area contributed by atoms with Gasteiger partial charge in [0.05, 0.1) is 5.56 Å². The van der Waals surface area contributed by atoms with Gasteiger partial charge in [-0.3, -0.25) is 4.79 Å². The van der Waals surface area contributed by atoms with Gasteiger partial charge in [0.1, 0.15) is 11.6 Å². The van der Waals surface area contributed by atoms with Gasteiger partial charge in [0.25, 0.3) is 0 Å². The third kappa shape index (κ3) is 3.42. The maximum Gasteiger partial charge on any atom is 0.387 e. The molecule has 21 heavy (non-hydrogen) atoms. The van der Waals surface area contributed by atoms with Crippen LogP contribution in [0, 0.1) is 19.7 Å². The number of aryl methyl sites for hydroxylation is 2. The molecule has 110 valence electrons. The summed E-state index contributed by atoms with van der Waals surface area (Å²) in [5.74, 6) is -1.14. The summed E-state index contributed by atoms with van der Waals surface area (Å²) >= 11 is 0.